The summed E-state index contributed by atoms with van der Waals surface area (Å²) in [4.78, 5) is 11.7. The number of hydrogen-bond donors (Lipinski definition) is 2. The maximum Gasteiger partial charge on any atom is 0.307 e. The van der Waals surface area contributed by atoms with E-state index in [1.807, 2.05) is 6.92 Å². The van der Waals surface area contributed by atoms with Crippen LogP contribution >= 0.6 is 0 Å². The number of carbonyl (C=O) groups is 1. The lowest BCUT2D eigenvalue weighted by Gasteiger charge is -2.10. The summed E-state index contributed by atoms with van der Waals surface area (Å²) in [6, 6.07) is 6.56. The molecule has 0 aliphatic rings. The van der Waals surface area contributed by atoms with Gasteiger partial charge in [0, 0.05) is 5.56 Å². The van der Waals surface area contributed by atoms with Crippen LogP contribution in [0.4, 0.5) is 0 Å². The number of amides is 1. The fourth-order valence-corrected chi connectivity index (χ4v) is 1.97. The standard InChI is InChI=1S/C17H18N2O4/c1-3-6-13-9-12(10-15(16(13)20)22-4-2)11-18-19-17(21)14-7-5-8-23-14/h3,5,7-11,20H,1,4,6H2,2H3,(H,19,21)/b18-11+. The molecule has 0 atom stereocenters. The van der Waals surface area contributed by atoms with Gasteiger partial charge in [0.25, 0.3) is 0 Å². The second-order valence-electron chi connectivity index (χ2n) is 4.63. The SMILES string of the molecule is C=CCc1cc(/C=N/NC(=O)c2ccco2)cc(OCC)c1O. The van der Waals surface area contributed by atoms with Crippen LogP contribution in [0.2, 0.25) is 0 Å². The fraction of sp³-hybridized carbons (Fsp3) is 0.176. The van der Waals surface area contributed by atoms with Crippen molar-refractivity contribution in [3.63, 3.8) is 0 Å². The zero-order valence-corrected chi connectivity index (χ0v) is 12.8. The molecule has 0 bridgehead atoms. The number of allylic oxidation sites excluding steroid dienone is 1. The van der Waals surface area contributed by atoms with Crippen LogP contribution < -0.4 is 10.2 Å². The number of benzene rings is 1. The van der Waals surface area contributed by atoms with Gasteiger partial charge in [0.2, 0.25) is 0 Å². The van der Waals surface area contributed by atoms with Gasteiger partial charge in [-0.05, 0) is 43.2 Å². The molecule has 2 aromatic rings. The highest BCUT2D eigenvalue weighted by Crippen LogP contribution is 2.31. The highest BCUT2D eigenvalue weighted by molar-refractivity contribution is 5.92. The third-order valence-corrected chi connectivity index (χ3v) is 2.96. The topological polar surface area (TPSA) is 84.1 Å². The van der Waals surface area contributed by atoms with Crippen molar-refractivity contribution < 1.29 is 19.1 Å². The molecule has 0 aliphatic carbocycles. The second-order valence-corrected chi connectivity index (χ2v) is 4.63. The number of aromatic hydroxyl groups is 1. The Morgan fingerprint density at radius 2 is 2.35 bits per heavy atom. The van der Waals surface area contributed by atoms with Crippen LogP contribution in [-0.2, 0) is 6.42 Å². The van der Waals surface area contributed by atoms with Crippen molar-refractivity contribution in [1.29, 1.82) is 0 Å². The molecular formula is C17H18N2O4. The van der Waals surface area contributed by atoms with Gasteiger partial charge in [-0.15, -0.1) is 6.58 Å². The van der Waals surface area contributed by atoms with Gasteiger partial charge < -0.3 is 14.3 Å². The first-order chi connectivity index (χ1) is 11.2. The number of nitrogens with one attached hydrogen (secondary N) is 1. The van der Waals surface area contributed by atoms with Gasteiger partial charge in [0.15, 0.2) is 17.3 Å². The molecule has 23 heavy (non-hydrogen) atoms. The minimum atomic E-state index is -0.443. The maximum absolute atomic E-state index is 11.7. The molecular weight excluding hydrogens is 296 g/mol. The number of phenols is 1. The van der Waals surface area contributed by atoms with Gasteiger partial charge in [-0.1, -0.05) is 6.08 Å². The highest BCUT2D eigenvalue weighted by atomic mass is 16.5. The van der Waals surface area contributed by atoms with Gasteiger partial charge in [0.05, 0.1) is 19.1 Å². The predicted molar refractivity (Wildman–Crippen MR) is 86.9 cm³/mol. The predicted octanol–water partition coefficient (Wildman–Crippen LogP) is 2.88. The van der Waals surface area contributed by atoms with Crippen molar-refractivity contribution in [3.05, 3.63) is 60.1 Å². The lowest BCUT2D eigenvalue weighted by atomic mass is 10.1. The van der Waals surface area contributed by atoms with Gasteiger partial charge in [0.1, 0.15) is 0 Å². The highest BCUT2D eigenvalue weighted by Gasteiger charge is 2.10. The molecule has 0 aliphatic heterocycles. The summed E-state index contributed by atoms with van der Waals surface area (Å²) in [5.41, 5.74) is 3.72. The Bertz CT molecular complexity index is 706. The first-order valence-electron chi connectivity index (χ1n) is 7.12. The number of phenolic OH excluding ortho intramolecular Hbond substituents is 1. The van der Waals surface area contributed by atoms with Crippen LogP contribution in [0.25, 0.3) is 0 Å². The van der Waals surface area contributed by atoms with E-state index in [9.17, 15) is 9.90 Å². The Labute approximate surface area is 134 Å². The third kappa shape index (κ3) is 4.23. The van der Waals surface area contributed by atoms with E-state index in [1.54, 1.807) is 30.3 Å². The molecule has 1 aromatic carbocycles. The van der Waals surface area contributed by atoms with Crippen LogP contribution in [0.3, 0.4) is 0 Å². The normalized spacial score (nSPS) is 10.7. The molecule has 0 radical (unpaired) electrons. The van der Waals surface area contributed by atoms with Crippen molar-refractivity contribution in [2.24, 2.45) is 5.10 Å². The lowest BCUT2D eigenvalue weighted by Crippen LogP contribution is -2.16. The molecule has 1 amide bonds. The fourth-order valence-electron chi connectivity index (χ4n) is 1.97. The van der Waals surface area contributed by atoms with E-state index >= 15 is 0 Å². The quantitative estimate of drug-likeness (QED) is 0.467. The lowest BCUT2D eigenvalue weighted by molar-refractivity contribution is 0.0927. The average Bonchev–Trinajstić information content (AvgIpc) is 3.06. The molecule has 2 N–H and O–H groups in total. The van der Waals surface area contributed by atoms with Crippen LogP contribution in [0.15, 0.2) is 52.7 Å². The molecule has 6 heteroatoms. The molecule has 6 nitrogen and oxygen atoms in total. The summed E-state index contributed by atoms with van der Waals surface area (Å²) in [5, 5.41) is 14.0. The number of hydrogen-bond acceptors (Lipinski definition) is 5. The molecule has 0 fully saturated rings. The second kappa shape index (κ2) is 7.84. The Hall–Kier alpha value is -3.02. The number of rotatable bonds is 7. The van der Waals surface area contributed by atoms with Crippen LogP contribution in [0.5, 0.6) is 11.5 Å². The smallest absolute Gasteiger partial charge is 0.307 e. The van der Waals surface area contributed by atoms with Gasteiger partial charge in [-0.25, -0.2) is 5.43 Å². The Morgan fingerprint density at radius 3 is 3.00 bits per heavy atom. The third-order valence-electron chi connectivity index (χ3n) is 2.96. The monoisotopic (exact) mass is 314 g/mol. The number of nitrogens with zero attached hydrogens (tertiary/aromatic N) is 1. The maximum atomic E-state index is 11.7. The molecule has 0 saturated carbocycles. The Morgan fingerprint density at radius 1 is 1.52 bits per heavy atom. The summed E-state index contributed by atoms with van der Waals surface area (Å²) >= 11 is 0. The van der Waals surface area contributed by atoms with Crippen molar-refractivity contribution in [2.75, 3.05) is 6.61 Å². The van der Waals surface area contributed by atoms with Crippen LogP contribution in [0.1, 0.15) is 28.6 Å². The summed E-state index contributed by atoms with van der Waals surface area (Å²) in [6.45, 7) is 5.92. The number of furan rings is 1. The van der Waals surface area contributed by atoms with Crippen LogP contribution in [-0.4, -0.2) is 23.8 Å². The van der Waals surface area contributed by atoms with E-state index in [4.69, 9.17) is 9.15 Å². The number of ether oxygens (including phenoxy) is 1. The molecule has 1 aromatic heterocycles. The minimum absolute atomic E-state index is 0.0866. The van der Waals surface area contributed by atoms with Crippen molar-refractivity contribution in [2.45, 2.75) is 13.3 Å². The van der Waals surface area contributed by atoms with E-state index in [0.717, 1.165) is 0 Å². The molecule has 0 saturated heterocycles. The zero-order chi connectivity index (χ0) is 16.7. The molecule has 1 heterocycles. The van der Waals surface area contributed by atoms with Crippen molar-refractivity contribution in [1.82, 2.24) is 5.43 Å². The molecule has 0 unspecified atom stereocenters. The number of hydrazone groups is 1. The van der Waals surface area contributed by atoms with E-state index in [2.05, 4.69) is 17.1 Å². The largest absolute Gasteiger partial charge is 0.504 e. The average molecular weight is 314 g/mol. The molecule has 0 spiro atoms. The van der Waals surface area contributed by atoms with E-state index < -0.39 is 5.91 Å². The zero-order valence-electron chi connectivity index (χ0n) is 12.8. The van der Waals surface area contributed by atoms with Gasteiger partial charge in [-0.3, -0.25) is 4.79 Å². The summed E-state index contributed by atoms with van der Waals surface area (Å²) in [6.07, 6.45) is 5.06. The van der Waals surface area contributed by atoms with Gasteiger partial charge >= 0.3 is 5.91 Å². The van der Waals surface area contributed by atoms with Crippen molar-refractivity contribution in [3.8, 4) is 11.5 Å². The molecule has 2 rings (SSSR count). The first kappa shape index (κ1) is 16.4. The first-order valence-corrected chi connectivity index (χ1v) is 7.12. The number of carbonyl (C=O) groups excluding carboxylic acids is 1. The Balaban J connectivity index is 2.16. The minimum Gasteiger partial charge on any atom is -0.504 e. The van der Waals surface area contributed by atoms with E-state index in [-0.39, 0.29) is 11.5 Å². The summed E-state index contributed by atoms with van der Waals surface area (Å²) in [7, 11) is 0. The Kier molecular flexibility index (Phi) is 5.57. The van der Waals surface area contributed by atoms with E-state index in [0.29, 0.717) is 29.9 Å². The summed E-state index contributed by atoms with van der Waals surface area (Å²) < 4.78 is 10.4. The van der Waals surface area contributed by atoms with Gasteiger partial charge in [-0.2, -0.15) is 5.10 Å². The molecule has 120 valence electrons. The van der Waals surface area contributed by atoms with Crippen molar-refractivity contribution >= 4 is 12.1 Å². The van der Waals surface area contributed by atoms with E-state index in [1.165, 1.54) is 12.5 Å². The summed E-state index contributed by atoms with van der Waals surface area (Å²) in [5.74, 6) is 0.186. The van der Waals surface area contributed by atoms with Crippen LogP contribution in [0, 0.1) is 0 Å².